The maximum absolute atomic E-state index is 12.4. The van der Waals surface area contributed by atoms with Gasteiger partial charge in [0.05, 0.1) is 6.42 Å². The predicted molar refractivity (Wildman–Crippen MR) is 81.3 cm³/mol. The van der Waals surface area contributed by atoms with E-state index in [4.69, 9.17) is 5.73 Å². The average Bonchev–Trinajstić information content (AvgIpc) is 2.48. The van der Waals surface area contributed by atoms with Gasteiger partial charge in [0.1, 0.15) is 0 Å². The van der Waals surface area contributed by atoms with Gasteiger partial charge in [-0.3, -0.25) is 4.79 Å². The predicted octanol–water partition coefficient (Wildman–Crippen LogP) is 1.24. The van der Waals surface area contributed by atoms with Crippen LogP contribution in [0.1, 0.15) is 24.0 Å². The van der Waals surface area contributed by atoms with Crippen LogP contribution in [0.4, 0.5) is 0 Å². The molecular weight excluding hydrogens is 250 g/mol. The summed E-state index contributed by atoms with van der Waals surface area (Å²) in [6.07, 6.45) is 2.59. The van der Waals surface area contributed by atoms with Gasteiger partial charge in [0, 0.05) is 19.6 Å². The van der Waals surface area contributed by atoms with Gasteiger partial charge in [-0.15, -0.1) is 0 Å². The molecule has 0 aromatic heterocycles. The highest BCUT2D eigenvalue weighted by molar-refractivity contribution is 5.79. The monoisotopic (exact) mass is 275 g/mol. The quantitative estimate of drug-likeness (QED) is 0.899. The van der Waals surface area contributed by atoms with Crippen molar-refractivity contribution >= 4 is 5.91 Å². The zero-order chi connectivity index (χ0) is 14.5. The summed E-state index contributed by atoms with van der Waals surface area (Å²) in [5.74, 6) is 0.195. The molecule has 1 saturated heterocycles. The molecule has 1 aliphatic heterocycles. The first kappa shape index (κ1) is 15.0. The number of nitrogens with zero attached hydrogens (tertiary/aromatic N) is 2. The summed E-state index contributed by atoms with van der Waals surface area (Å²) in [4.78, 5) is 16.7. The molecule has 2 rings (SSSR count). The number of hydrogen-bond acceptors (Lipinski definition) is 3. The van der Waals surface area contributed by atoms with Crippen LogP contribution in [0.15, 0.2) is 24.3 Å². The number of piperidine rings is 1. The maximum Gasteiger partial charge on any atom is 0.226 e. The molecule has 0 radical (unpaired) electrons. The average molecular weight is 275 g/mol. The lowest BCUT2D eigenvalue weighted by molar-refractivity contribution is -0.132. The summed E-state index contributed by atoms with van der Waals surface area (Å²) >= 11 is 0. The molecule has 0 saturated carbocycles. The van der Waals surface area contributed by atoms with Gasteiger partial charge >= 0.3 is 0 Å². The molecule has 0 spiro atoms. The lowest BCUT2D eigenvalue weighted by atomic mass is 10.0. The van der Waals surface area contributed by atoms with E-state index in [1.165, 1.54) is 0 Å². The molecule has 0 bridgehead atoms. The highest BCUT2D eigenvalue weighted by Gasteiger charge is 2.24. The number of carbonyl (C=O) groups excluding carboxylic acids is 1. The zero-order valence-corrected chi connectivity index (χ0v) is 12.5. The molecule has 2 N–H and O–H groups in total. The number of benzene rings is 1. The second-order valence-corrected chi connectivity index (χ2v) is 5.69. The molecule has 0 atom stereocenters. The van der Waals surface area contributed by atoms with Crippen LogP contribution in [-0.4, -0.2) is 48.9 Å². The Kier molecular flexibility index (Phi) is 5.15. The molecule has 4 nitrogen and oxygen atoms in total. The Balaban J connectivity index is 1.97. The van der Waals surface area contributed by atoms with Crippen LogP contribution in [0.2, 0.25) is 0 Å². The molecule has 1 fully saturated rings. The van der Waals surface area contributed by atoms with Gasteiger partial charge < -0.3 is 15.5 Å². The van der Waals surface area contributed by atoms with E-state index in [0.717, 1.165) is 37.1 Å². The van der Waals surface area contributed by atoms with Crippen LogP contribution < -0.4 is 5.73 Å². The molecule has 1 amide bonds. The fraction of sp³-hybridized carbons (Fsp3) is 0.562. The Hall–Kier alpha value is -1.39. The van der Waals surface area contributed by atoms with E-state index >= 15 is 0 Å². The zero-order valence-electron chi connectivity index (χ0n) is 12.5. The van der Waals surface area contributed by atoms with Gasteiger partial charge in [0.25, 0.3) is 0 Å². The van der Waals surface area contributed by atoms with Crippen molar-refractivity contribution < 1.29 is 4.79 Å². The lowest BCUT2D eigenvalue weighted by Gasteiger charge is -2.35. The second-order valence-electron chi connectivity index (χ2n) is 5.69. The fourth-order valence-electron chi connectivity index (χ4n) is 2.80. The van der Waals surface area contributed by atoms with Gasteiger partial charge in [0.15, 0.2) is 0 Å². The molecule has 1 heterocycles. The minimum absolute atomic E-state index is 0.195. The van der Waals surface area contributed by atoms with Crippen LogP contribution in [-0.2, 0) is 17.8 Å². The number of carbonyl (C=O) groups is 1. The molecule has 1 aliphatic rings. The van der Waals surface area contributed by atoms with E-state index in [1.807, 2.05) is 36.2 Å². The number of nitrogens with two attached hydrogens (primary N) is 1. The summed E-state index contributed by atoms with van der Waals surface area (Å²) in [6.45, 7) is 2.63. The summed E-state index contributed by atoms with van der Waals surface area (Å²) in [6, 6.07) is 8.32. The standard InChI is InChI=1S/C16H25N3O/c1-18-9-7-15(8-10-18)19(2)16(20)11-13-5-3-4-6-14(13)12-17/h3-6,15H,7-12,17H2,1-2H3. The van der Waals surface area contributed by atoms with E-state index in [0.29, 0.717) is 19.0 Å². The van der Waals surface area contributed by atoms with Gasteiger partial charge in [-0.05, 0) is 44.1 Å². The molecule has 20 heavy (non-hydrogen) atoms. The molecule has 0 unspecified atom stereocenters. The van der Waals surface area contributed by atoms with E-state index in [1.54, 1.807) is 0 Å². The van der Waals surface area contributed by atoms with Crippen LogP contribution in [0.5, 0.6) is 0 Å². The molecule has 4 heteroatoms. The van der Waals surface area contributed by atoms with E-state index in [-0.39, 0.29) is 5.91 Å². The van der Waals surface area contributed by atoms with Gasteiger partial charge in [-0.2, -0.15) is 0 Å². The second kappa shape index (κ2) is 6.86. The minimum Gasteiger partial charge on any atom is -0.342 e. The molecule has 0 aliphatic carbocycles. The minimum atomic E-state index is 0.195. The first-order valence-electron chi connectivity index (χ1n) is 7.33. The van der Waals surface area contributed by atoms with E-state index in [9.17, 15) is 4.79 Å². The topological polar surface area (TPSA) is 49.6 Å². The number of amides is 1. The number of rotatable bonds is 4. The van der Waals surface area contributed by atoms with E-state index in [2.05, 4.69) is 11.9 Å². The smallest absolute Gasteiger partial charge is 0.226 e. The summed E-state index contributed by atoms with van der Waals surface area (Å²) in [5.41, 5.74) is 7.85. The van der Waals surface area contributed by atoms with Crippen molar-refractivity contribution in [2.45, 2.75) is 31.8 Å². The van der Waals surface area contributed by atoms with Crippen molar-refractivity contribution in [1.29, 1.82) is 0 Å². The van der Waals surface area contributed by atoms with Crippen LogP contribution in [0, 0.1) is 0 Å². The van der Waals surface area contributed by atoms with Gasteiger partial charge in [-0.1, -0.05) is 24.3 Å². The first-order valence-corrected chi connectivity index (χ1v) is 7.33. The lowest BCUT2D eigenvalue weighted by Crippen LogP contribution is -2.45. The molecule has 110 valence electrons. The number of likely N-dealkylation sites (N-methyl/N-ethyl adjacent to an activating group) is 1. The van der Waals surface area contributed by atoms with Crippen LogP contribution in [0.25, 0.3) is 0 Å². The number of likely N-dealkylation sites (tertiary alicyclic amines) is 1. The SMILES string of the molecule is CN1CCC(N(C)C(=O)Cc2ccccc2CN)CC1. The van der Waals surface area contributed by atoms with Crippen LogP contribution >= 0.6 is 0 Å². The Morgan fingerprint density at radius 1 is 1.30 bits per heavy atom. The van der Waals surface area contributed by atoms with Crippen molar-refractivity contribution in [3.8, 4) is 0 Å². The van der Waals surface area contributed by atoms with Gasteiger partial charge in [-0.25, -0.2) is 0 Å². The maximum atomic E-state index is 12.4. The van der Waals surface area contributed by atoms with Crippen molar-refractivity contribution in [3.05, 3.63) is 35.4 Å². The molecular formula is C16H25N3O. The Morgan fingerprint density at radius 2 is 1.90 bits per heavy atom. The van der Waals surface area contributed by atoms with Crippen molar-refractivity contribution in [2.24, 2.45) is 5.73 Å². The Labute approximate surface area is 121 Å². The Bertz CT molecular complexity index is 453. The summed E-state index contributed by atoms with van der Waals surface area (Å²) in [7, 11) is 4.07. The fourth-order valence-corrected chi connectivity index (χ4v) is 2.80. The summed E-state index contributed by atoms with van der Waals surface area (Å²) in [5, 5.41) is 0. The Morgan fingerprint density at radius 3 is 2.50 bits per heavy atom. The first-order chi connectivity index (χ1) is 9.61. The van der Waals surface area contributed by atoms with Gasteiger partial charge in [0.2, 0.25) is 5.91 Å². The third-order valence-electron chi connectivity index (χ3n) is 4.31. The highest BCUT2D eigenvalue weighted by atomic mass is 16.2. The summed E-state index contributed by atoms with van der Waals surface area (Å²) < 4.78 is 0. The largest absolute Gasteiger partial charge is 0.342 e. The van der Waals surface area contributed by atoms with E-state index < -0.39 is 0 Å². The van der Waals surface area contributed by atoms with Crippen molar-refractivity contribution in [3.63, 3.8) is 0 Å². The molecule has 1 aromatic carbocycles. The van der Waals surface area contributed by atoms with Crippen molar-refractivity contribution in [2.75, 3.05) is 27.2 Å². The molecule has 1 aromatic rings. The van der Waals surface area contributed by atoms with Crippen molar-refractivity contribution in [1.82, 2.24) is 9.80 Å². The number of hydrogen-bond donors (Lipinski definition) is 1. The third kappa shape index (κ3) is 3.58. The normalized spacial score (nSPS) is 17.1. The van der Waals surface area contributed by atoms with Crippen LogP contribution in [0.3, 0.4) is 0 Å². The third-order valence-corrected chi connectivity index (χ3v) is 4.31. The highest BCUT2D eigenvalue weighted by Crippen LogP contribution is 2.16.